The Morgan fingerprint density at radius 1 is 1.32 bits per heavy atom. The van der Waals surface area contributed by atoms with Crippen LogP contribution in [-0.4, -0.2) is 39.3 Å². The Hall–Kier alpha value is -2.18. The van der Waals surface area contributed by atoms with Gasteiger partial charge in [-0.05, 0) is 6.92 Å². The van der Waals surface area contributed by atoms with Crippen LogP contribution in [0.15, 0.2) is 17.0 Å². The SMILES string of the molecule is Cc1cncnc1OC1CCN(c2nc(C(C)C)no2)CC1. The molecule has 22 heavy (non-hydrogen) atoms. The van der Waals surface area contributed by atoms with Gasteiger partial charge in [-0.15, -0.1) is 0 Å². The van der Waals surface area contributed by atoms with E-state index in [-0.39, 0.29) is 12.0 Å². The van der Waals surface area contributed by atoms with Crippen LogP contribution in [0.4, 0.5) is 6.01 Å². The quantitative estimate of drug-likeness (QED) is 0.857. The van der Waals surface area contributed by atoms with Gasteiger partial charge in [0.1, 0.15) is 12.4 Å². The van der Waals surface area contributed by atoms with Crippen molar-refractivity contribution in [3.05, 3.63) is 23.9 Å². The standard InChI is InChI=1S/C15H21N5O2/c1-10(2)13-18-15(22-19-13)20-6-4-12(5-7-20)21-14-11(3)8-16-9-17-14/h8-10,12H,4-7H2,1-3H3. The van der Waals surface area contributed by atoms with E-state index in [2.05, 4.69) is 38.9 Å². The van der Waals surface area contributed by atoms with Crippen LogP contribution in [0.2, 0.25) is 0 Å². The Morgan fingerprint density at radius 2 is 2.09 bits per heavy atom. The van der Waals surface area contributed by atoms with Gasteiger partial charge in [-0.25, -0.2) is 9.97 Å². The van der Waals surface area contributed by atoms with Crippen LogP contribution in [-0.2, 0) is 0 Å². The lowest BCUT2D eigenvalue weighted by Crippen LogP contribution is -2.38. The zero-order chi connectivity index (χ0) is 15.5. The average Bonchev–Trinajstić information content (AvgIpc) is 3.00. The van der Waals surface area contributed by atoms with Gasteiger partial charge >= 0.3 is 6.01 Å². The van der Waals surface area contributed by atoms with Crippen molar-refractivity contribution in [1.82, 2.24) is 20.1 Å². The molecule has 0 radical (unpaired) electrons. The summed E-state index contributed by atoms with van der Waals surface area (Å²) in [6, 6.07) is 0.611. The number of piperidine rings is 1. The molecule has 118 valence electrons. The Kier molecular flexibility index (Phi) is 4.22. The molecule has 1 aliphatic rings. The van der Waals surface area contributed by atoms with Crippen molar-refractivity contribution < 1.29 is 9.26 Å². The van der Waals surface area contributed by atoms with Gasteiger partial charge in [-0.2, -0.15) is 4.98 Å². The van der Waals surface area contributed by atoms with Gasteiger partial charge in [0, 0.05) is 43.6 Å². The van der Waals surface area contributed by atoms with Crippen molar-refractivity contribution in [2.75, 3.05) is 18.0 Å². The Morgan fingerprint density at radius 3 is 2.73 bits per heavy atom. The first-order chi connectivity index (χ1) is 10.6. The van der Waals surface area contributed by atoms with E-state index in [0.717, 1.165) is 37.3 Å². The molecule has 7 nitrogen and oxygen atoms in total. The molecule has 2 aromatic rings. The van der Waals surface area contributed by atoms with Crippen molar-refractivity contribution in [2.45, 2.75) is 45.6 Å². The van der Waals surface area contributed by atoms with Crippen LogP contribution in [0.5, 0.6) is 5.88 Å². The first kappa shape index (κ1) is 14.7. The van der Waals surface area contributed by atoms with E-state index in [4.69, 9.17) is 9.26 Å². The maximum Gasteiger partial charge on any atom is 0.324 e. The maximum atomic E-state index is 5.97. The molecule has 0 aromatic carbocycles. The molecule has 0 N–H and O–H groups in total. The van der Waals surface area contributed by atoms with E-state index in [1.165, 1.54) is 6.33 Å². The smallest absolute Gasteiger partial charge is 0.324 e. The van der Waals surface area contributed by atoms with E-state index in [1.807, 2.05) is 6.92 Å². The highest BCUT2D eigenvalue weighted by Crippen LogP contribution is 2.23. The predicted octanol–water partition coefficient (Wildman–Crippen LogP) is 2.34. The number of aromatic nitrogens is 4. The van der Waals surface area contributed by atoms with Crippen molar-refractivity contribution in [3.8, 4) is 5.88 Å². The minimum Gasteiger partial charge on any atom is -0.474 e. The molecule has 0 atom stereocenters. The first-order valence-corrected chi connectivity index (χ1v) is 7.65. The first-order valence-electron chi connectivity index (χ1n) is 7.65. The van der Waals surface area contributed by atoms with Gasteiger partial charge in [-0.1, -0.05) is 19.0 Å². The summed E-state index contributed by atoms with van der Waals surface area (Å²) >= 11 is 0. The van der Waals surface area contributed by atoms with Gasteiger partial charge in [0.2, 0.25) is 5.88 Å². The second-order valence-corrected chi connectivity index (χ2v) is 5.91. The molecule has 1 aliphatic heterocycles. The van der Waals surface area contributed by atoms with Crippen molar-refractivity contribution in [1.29, 1.82) is 0 Å². The van der Waals surface area contributed by atoms with Gasteiger partial charge in [-0.3, -0.25) is 0 Å². The normalized spacial score (nSPS) is 16.3. The minimum absolute atomic E-state index is 0.164. The summed E-state index contributed by atoms with van der Waals surface area (Å²) in [6.07, 6.45) is 5.26. The number of hydrogen-bond donors (Lipinski definition) is 0. The lowest BCUT2D eigenvalue weighted by Gasteiger charge is -2.30. The maximum absolute atomic E-state index is 5.97. The van der Waals surface area contributed by atoms with E-state index in [1.54, 1.807) is 6.20 Å². The Labute approximate surface area is 129 Å². The molecular weight excluding hydrogens is 282 g/mol. The number of anilines is 1. The summed E-state index contributed by atoms with van der Waals surface area (Å²) in [5, 5.41) is 4.01. The molecule has 7 heteroatoms. The third-order valence-electron chi connectivity index (χ3n) is 3.79. The van der Waals surface area contributed by atoms with Crippen LogP contribution in [0.25, 0.3) is 0 Å². The molecule has 0 saturated carbocycles. The highest BCUT2D eigenvalue weighted by atomic mass is 16.5. The van der Waals surface area contributed by atoms with Crippen molar-refractivity contribution in [2.24, 2.45) is 0 Å². The molecule has 0 aliphatic carbocycles. The number of hydrogen-bond acceptors (Lipinski definition) is 7. The summed E-state index contributed by atoms with van der Waals surface area (Å²) in [7, 11) is 0. The number of nitrogens with zero attached hydrogens (tertiary/aromatic N) is 5. The zero-order valence-electron chi connectivity index (χ0n) is 13.2. The van der Waals surface area contributed by atoms with Crippen LogP contribution >= 0.6 is 0 Å². The molecule has 0 bridgehead atoms. The summed E-state index contributed by atoms with van der Waals surface area (Å²) in [4.78, 5) is 14.7. The number of aryl methyl sites for hydroxylation is 1. The molecule has 0 spiro atoms. The molecule has 0 amide bonds. The topological polar surface area (TPSA) is 77.2 Å². The molecule has 1 saturated heterocycles. The van der Waals surface area contributed by atoms with E-state index in [9.17, 15) is 0 Å². The van der Waals surface area contributed by atoms with Gasteiger partial charge in [0.05, 0.1) is 0 Å². The lowest BCUT2D eigenvalue weighted by molar-refractivity contribution is 0.160. The highest BCUT2D eigenvalue weighted by molar-refractivity contribution is 5.27. The molecule has 2 aromatic heterocycles. The second-order valence-electron chi connectivity index (χ2n) is 5.91. The summed E-state index contributed by atoms with van der Waals surface area (Å²) in [5.41, 5.74) is 0.961. The number of ether oxygens (including phenoxy) is 1. The lowest BCUT2D eigenvalue weighted by atomic mass is 10.1. The third-order valence-corrected chi connectivity index (χ3v) is 3.79. The van der Waals surface area contributed by atoms with E-state index >= 15 is 0 Å². The Bertz CT molecular complexity index is 620. The highest BCUT2D eigenvalue weighted by Gasteiger charge is 2.25. The Balaban J connectivity index is 1.57. The fraction of sp³-hybridized carbons (Fsp3) is 0.600. The molecule has 3 heterocycles. The third kappa shape index (κ3) is 3.18. The summed E-state index contributed by atoms with van der Waals surface area (Å²) < 4.78 is 11.3. The molecular formula is C15H21N5O2. The van der Waals surface area contributed by atoms with Gasteiger partial charge in [0.15, 0.2) is 5.82 Å². The van der Waals surface area contributed by atoms with Gasteiger partial charge < -0.3 is 14.2 Å². The molecule has 0 unspecified atom stereocenters. The monoisotopic (exact) mass is 303 g/mol. The average molecular weight is 303 g/mol. The number of rotatable bonds is 4. The second kappa shape index (κ2) is 6.29. The van der Waals surface area contributed by atoms with Gasteiger partial charge in [0.25, 0.3) is 0 Å². The van der Waals surface area contributed by atoms with Crippen LogP contribution < -0.4 is 9.64 Å². The molecule has 1 fully saturated rings. The largest absolute Gasteiger partial charge is 0.474 e. The van der Waals surface area contributed by atoms with Crippen molar-refractivity contribution >= 4 is 6.01 Å². The minimum atomic E-state index is 0.164. The summed E-state index contributed by atoms with van der Waals surface area (Å²) in [6.45, 7) is 7.75. The van der Waals surface area contributed by atoms with Crippen molar-refractivity contribution in [3.63, 3.8) is 0 Å². The van der Waals surface area contributed by atoms with E-state index < -0.39 is 0 Å². The summed E-state index contributed by atoms with van der Waals surface area (Å²) in [5.74, 6) is 1.71. The van der Waals surface area contributed by atoms with E-state index in [0.29, 0.717) is 11.9 Å². The predicted molar refractivity (Wildman–Crippen MR) is 81.0 cm³/mol. The fourth-order valence-electron chi connectivity index (χ4n) is 2.42. The van der Waals surface area contributed by atoms with Crippen LogP contribution in [0.3, 0.4) is 0 Å². The van der Waals surface area contributed by atoms with Crippen LogP contribution in [0, 0.1) is 6.92 Å². The zero-order valence-corrected chi connectivity index (χ0v) is 13.2. The fourth-order valence-corrected chi connectivity index (χ4v) is 2.42. The van der Waals surface area contributed by atoms with Crippen LogP contribution in [0.1, 0.15) is 44.0 Å². The molecule has 3 rings (SSSR count).